The first kappa shape index (κ1) is 22.8. The zero-order chi connectivity index (χ0) is 23.7. The maximum atomic E-state index is 13.6. The Balaban J connectivity index is 1.26. The predicted molar refractivity (Wildman–Crippen MR) is 132 cm³/mol. The number of amides is 2. The standard InChI is InChI=1S/C27H34N4O3/c1-19(32)29-22-6-3-20(4-7-22)21-5-12-25(28-17-21)30-15-2-13-27(18-30)14-16-31(26(27)34)23-8-10-24(33)11-9-23/h3-7,12,17,23-24,33H,2,8-11,13-16,18H2,1H3,(H,29,32)/t23-,24-,27?. The molecule has 5 rings (SSSR count). The molecule has 34 heavy (non-hydrogen) atoms. The van der Waals surface area contributed by atoms with Gasteiger partial charge in [-0.2, -0.15) is 0 Å². The number of aliphatic hydroxyl groups excluding tert-OH is 1. The number of anilines is 2. The highest BCUT2D eigenvalue weighted by Gasteiger charge is 2.50. The Morgan fingerprint density at radius 3 is 2.44 bits per heavy atom. The van der Waals surface area contributed by atoms with Crippen LogP contribution in [0.4, 0.5) is 11.5 Å². The van der Waals surface area contributed by atoms with Gasteiger partial charge in [-0.25, -0.2) is 4.98 Å². The Bertz CT molecular complexity index is 1030. The Labute approximate surface area is 201 Å². The minimum atomic E-state index is -0.297. The fraction of sp³-hybridized carbons (Fsp3) is 0.519. The van der Waals surface area contributed by atoms with Crippen molar-refractivity contribution in [2.45, 2.75) is 64.0 Å². The second kappa shape index (κ2) is 9.37. The molecule has 1 aromatic heterocycles. The van der Waals surface area contributed by atoms with Crippen LogP contribution in [0.15, 0.2) is 42.6 Å². The van der Waals surface area contributed by atoms with Crippen molar-refractivity contribution < 1.29 is 14.7 Å². The first-order chi connectivity index (χ1) is 16.4. The van der Waals surface area contributed by atoms with Crippen LogP contribution in [-0.4, -0.2) is 58.6 Å². The van der Waals surface area contributed by atoms with Crippen molar-refractivity contribution >= 4 is 23.3 Å². The maximum Gasteiger partial charge on any atom is 0.230 e. The Morgan fingerprint density at radius 1 is 1.03 bits per heavy atom. The molecule has 1 aromatic carbocycles. The van der Waals surface area contributed by atoms with Crippen LogP contribution in [0.1, 0.15) is 51.9 Å². The van der Waals surface area contributed by atoms with Crippen LogP contribution in [-0.2, 0) is 9.59 Å². The van der Waals surface area contributed by atoms with Gasteiger partial charge >= 0.3 is 0 Å². The fourth-order valence-corrected chi connectivity index (χ4v) is 5.96. The van der Waals surface area contributed by atoms with E-state index in [1.807, 2.05) is 30.5 Å². The third-order valence-corrected chi connectivity index (χ3v) is 7.84. The summed E-state index contributed by atoms with van der Waals surface area (Å²) in [6.45, 7) is 3.99. The van der Waals surface area contributed by atoms with Crippen LogP contribution in [0.2, 0.25) is 0 Å². The quantitative estimate of drug-likeness (QED) is 0.721. The van der Waals surface area contributed by atoms with Crippen LogP contribution in [0.3, 0.4) is 0 Å². The average molecular weight is 463 g/mol. The molecule has 3 heterocycles. The molecule has 0 bridgehead atoms. The van der Waals surface area contributed by atoms with Crippen molar-refractivity contribution in [3.63, 3.8) is 0 Å². The van der Waals surface area contributed by atoms with Gasteiger partial charge in [-0.15, -0.1) is 0 Å². The highest BCUT2D eigenvalue weighted by atomic mass is 16.3. The largest absolute Gasteiger partial charge is 0.393 e. The van der Waals surface area contributed by atoms with E-state index in [-0.39, 0.29) is 17.4 Å². The summed E-state index contributed by atoms with van der Waals surface area (Å²) in [6.07, 6.45) is 8.00. The predicted octanol–water partition coefficient (Wildman–Crippen LogP) is 3.83. The van der Waals surface area contributed by atoms with Crippen molar-refractivity contribution in [1.82, 2.24) is 9.88 Å². The van der Waals surface area contributed by atoms with Crippen LogP contribution in [0.25, 0.3) is 11.1 Å². The number of carbonyl (C=O) groups excluding carboxylic acids is 2. The molecule has 0 radical (unpaired) electrons. The number of rotatable bonds is 4. The molecule has 2 N–H and O–H groups in total. The van der Waals surface area contributed by atoms with Gasteiger partial charge in [0.05, 0.1) is 11.5 Å². The van der Waals surface area contributed by atoms with Crippen molar-refractivity contribution in [2.75, 3.05) is 29.9 Å². The number of piperidine rings is 1. The van der Waals surface area contributed by atoms with Crippen molar-refractivity contribution in [2.24, 2.45) is 5.41 Å². The third kappa shape index (κ3) is 4.53. The van der Waals surface area contributed by atoms with Crippen LogP contribution < -0.4 is 10.2 Å². The van der Waals surface area contributed by atoms with Crippen LogP contribution in [0.5, 0.6) is 0 Å². The molecule has 7 nitrogen and oxygen atoms in total. The highest BCUT2D eigenvalue weighted by molar-refractivity contribution is 5.89. The SMILES string of the molecule is CC(=O)Nc1ccc(-c2ccc(N3CCCC4(CCN([C@H]5CC[C@H](O)CC5)C4=O)C3)nc2)cc1. The van der Waals surface area contributed by atoms with Gasteiger partial charge < -0.3 is 20.2 Å². The average Bonchev–Trinajstić information content (AvgIpc) is 3.15. The van der Waals surface area contributed by atoms with E-state index in [0.717, 1.165) is 87.2 Å². The number of pyridine rings is 1. The first-order valence-corrected chi connectivity index (χ1v) is 12.5. The summed E-state index contributed by atoms with van der Waals surface area (Å²) in [5.41, 5.74) is 2.54. The fourth-order valence-electron chi connectivity index (χ4n) is 5.96. The second-order valence-electron chi connectivity index (χ2n) is 10.2. The molecule has 1 atom stereocenters. The molecule has 1 unspecified atom stereocenters. The van der Waals surface area contributed by atoms with Crippen molar-refractivity contribution in [3.05, 3.63) is 42.6 Å². The van der Waals surface area contributed by atoms with Gasteiger partial charge in [0.1, 0.15) is 5.82 Å². The molecule has 180 valence electrons. The number of benzene rings is 1. The summed E-state index contributed by atoms with van der Waals surface area (Å²) < 4.78 is 0. The molecule has 2 saturated heterocycles. The second-order valence-corrected chi connectivity index (χ2v) is 10.2. The summed E-state index contributed by atoms with van der Waals surface area (Å²) >= 11 is 0. The minimum Gasteiger partial charge on any atom is -0.393 e. The van der Waals surface area contributed by atoms with E-state index in [1.54, 1.807) is 0 Å². The molecule has 2 aromatic rings. The Kier molecular flexibility index (Phi) is 6.30. The monoisotopic (exact) mass is 462 g/mol. The van der Waals surface area contributed by atoms with Gasteiger partial charge in [-0.1, -0.05) is 12.1 Å². The number of aromatic nitrogens is 1. The molecular formula is C27H34N4O3. The van der Waals surface area contributed by atoms with Crippen LogP contribution >= 0.6 is 0 Å². The van der Waals surface area contributed by atoms with Crippen molar-refractivity contribution in [1.29, 1.82) is 0 Å². The normalized spacial score (nSPS) is 27.3. The van der Waals surface area contributed by atoms with E-state index in [9.17, 15) is 14.7 Å². The Morgan fingerprint density at radius 2 is 1.76 bits per heavy atom. The summed E-state index contributed by atoms with van der Waals surface area (Å²) in [5, 5.41) is 12.6. The maximum absolute atomic E-state index is 13.6. The zero-order valence-electron chi connectivity index (χ0n) is 19.9. The van der Waals surface area contributed by atoms with E-state index in [2.05, 4.69) is 27.2 Å². The number of carbonyl (C=O) groups is 2. The molecule has 3 aliphatic rings. The van der Waals surface area contributed by atoms with Gasteiger partial charge in [0.15, 0.2) is 0 Å². The van der Waals surface area contributed by atoms with Gasteiger partial charge in [0, 0.05) is 50.0 Å². The van der Waals surface area contributed by atoms with E-state index >= 15 is 0 Å². The summed E-state index contributed by atoms with van der Waals surface area (Å²) in [5.74, 6) is 1.15. The van der Waals surface area contributed by atoms with E-state index in [1.165, 1.54) is 6.92 Å². The summed E-state index contributed by atoms with van der Waals surface area (Å²) in [6, 6.07) is 12.2. The minimum absolute atomic E-state index is 0.0838. The topological polar surface area (TPSA) is 85.8 Å². The van der Waals surface area contributed by atoms with Crippen LogP contribution in [0, 0.1) is 5.41 Å². The van der Waals surface area contributed by atoms with E-state index in [0.29, 0.717) is 11.9 Å². The van der Waals surface area contributed by atoms with E-state index in [4.69, 9.17) is 4.98 Å². The van der Waals surface area contributed by atoms with Gasteiger partial charge in [-0.05, 0) is 74.8 Å². The number of hydrogen-bond donors (Lipinski definition) is 2. The lowest BCUT2D eigenvalue weighted by molar-refractivity contribution is -0.139. The number of nitrogens with zero attached hydrogens (tertiary/aromatic N) is 3. The molecule has 7 heteroatoms. The first-order valence-electron chi connectivity index (χ1n) is 12.5. The van der Waals surface area contributed by atoms with Gasteiger partial charge in [0.2, 0.25) is 11.8 Å². The van der Waals surface area contributed by atoms with E-state index < -0.39 is 0 Å². The highest BCUT2D eigenvalue weighted by Crippen LogP contribution is 2.43. The third-order valence-electron chi connectivity index (χ3n) is 7.84. The van der Waals surface area contributed by atoms with Crippen molar-refractivity contribution in [3.8, 4) is 11.1 Å². The summed E-state index contributed by atoms with van der Waals surface area (Å²) in [7, 11) is 0. The Hall–Kier alpha value is -2.93. The smallest absolute Gasteiger partial charge is 0.230 e. The van der Waals surface area contributed by atoms with Gasteiger partial charge in [-0.3, -0.25) is 9.59 Å². The summed E-state index contributed by atoms with van der Waals surface area (Å²) in [4.78, 5) is 33.9. The molecule has 3 fully saturated rings. The number of hydrogen-bond acceptors (Lipinski definition) is 5. The number of nitrogens with one attached hydrogen (secondary N) is 1. The number of likely N-dealkylation sites (tertiary alicyclic amines) is 1. The lowest BCUT2D eigenvalue weighted by Crippen LogP contribution is -2.50. The molecule has 1 aliphatic carbocycles. The molecule has 1 saturated carbocycles. The molecule has 2 aliphatic heterocycles. The molecule has 2 amide bonds. The molecular weight excluding hydrogens is 428 g/mol. The number of aliphatic hydroxyl groups is 1. The zero-order valence-corrected chi connectivity index (χ0v) is 19.9. The lowest BCUT2D eigenvalue weighted by atomic mass is 9.78. The van der Waals surface area contributed by atoms with Gasteiger partial charge in [0.25, 0.3) is 0 Å². The molecule has 1 spiro atoms. The lowest BCUT2D eigenvalue weighted by Gasteiger charge is -2.41.